The van der Waals surface area contributed by atoms with Crippen LogP contribution >= 0.6 is 27.5 Å². The van der Waals surface area contributed by atoms with Crippen molar-refractivity contribution >= 4 is 33.3 Å². The lowest BCUT2D eigenvalue weighted by atomic mass is 10.3. The first kappa shape index (κ1) is 13.1. The highest BCUT2D eigenvalue weighted by molar-refractivity contribution is 9.10. The number of halogens is 2. The second kappa shape index (κ2) is 6.02. The third-order valence-corrected chi connectivity index (χ3v) is 3.09. The van der Waals surface area contributed by atoms with E-state index in [2.05, 4.69) is 31.2 Å². The third-order valence-electron chi connectivity index (χ3n) is 2.27. The second-order valence-electron chi connectivity index (χ2n) is 3.55. The van der Waals surface area contributed by atoms with E-state index in [4.69, 9.17) is 16.3 Å². The summed E-state index contributed by atoms with van der Waals surface area (Å²) >= 11 is 9.22. The molecule has 4 nitrogen and oxygen atoms in total. The zero-order chi connectivity index (χ0) is 13.0. The lowest BCUT2D eigenvalue weighted by Gasteiger charge is -2.08. The predicted octanol–water partition coefficient (Wildman–Crippen LogP) is 3.51. The lowest BCUT2D eigenvalue weighted by molar-refractivity contribution is 0.397. The molecular weight excluding hydrogens is 318 g/mol. The summed E-state index contributed by atoms with van der Waals surface area (Å²) in [6, 6.07) is 5.56. The fourth-order valence-corrected chi connectivity index (χ4v) is 2.15. The molecule has 18 heavy (non-hydrogen) atoms. The van der Waals surface area contributed by atoms with E-state index in [9.17, 15) is 0 Å². The average Bonchev–Trinajstić information content (AvgIpc) is 2.38. The van der Waals surface area contributed by atoms with Gasteiger partial charge in [0.15, 0.2) is 0 Å². The first-order valence-corrected chi connectivity index (χ1v) is 6.40. The molecule has 1 N–H and O–H groups in total. The molecule has 94 valence electrons. The van der Waals surface area contributed by atoms with Crippen molar-refractivity contribution in [3.8, 4) is 5.88 Å². The number of anilines is 1. The minimum absolute atomic E-state index is 0.596. The Bertz CT molecular complexity index is 533. The van der Waals surface area contributed by atoms with Gasteiger partial charge in [-0.15, -0.1) is 0 Å². The third kappa shape index (κ3) is 3.34. The largest absolute Gasteiger partial charge is 0.481 e. The Hall–Kier alpha value is -1.33. The smallest absolute Gasteiger partial charge is 0.212 e. The predicted molar refractivity (Wildman–Crippen MR) is 75.1 cm³/mol. The van der Waals surface area contributed by atoms with E-state index in [1.54, 1.807) is 25.6 Å². The summed E-state index contributed by atoms with van der Waals surface area (Å²) < 4.78 is 5.83. The van der Waals surface area contributed by atoms with Gasteiger partial charge in [-0.3, -0.25) is 0 Å². The van der Waals surface area contributed by atoms with Gasteiger partial charge in [0.2, 0.25) is 5.88 Å². The average molecular weight is 329 g/mol. The zero-order valence-corrected chi connectivity index (χ0v) is 12.0. The molecule has 0 saturated carbocycles. The normalized spacial score (nSPS) is 10.2. The summed E-state index contributed by atoms with van der Waals surface area (Å²) in [6.07, 6.45) is 3.36. The van der Waals surface area contributed by atoms with Crippen LogP contribution in [0.5, 0.6) is 5.88 Å². The van der Waals surface area contributed by atoms with Gasteiger partial charge in [-0.25, -0.2) is 9.97 Å². The Balaban J connectivity index is 2.02. The topological polar surface area (TPSA) is 47.0 Å². The van der Waals surface area contributed by atoms with Gasteiger partial charge in [0.05, 0.1) is 16.6 Å². The molecule has 0 aliphatic rings. The van der Waals surface area contributed by atoms with Gasteiger partial charge in [0, 0.05) is 25.0 Å². The van der Waals surface area contributed by atoms with E-state index in [0.717, 1.165) is 15.9 Å². The van der Waals surface area contributed by atoms with Crippen LogP contribution in [0.3, 0.4) is 0 Å². The number of ether oxygens (including phenoxy) is 1. The molecule has 0 bridgehead atoms. The fourth-order valence-electron chi connectivity index (χ4n) is 1.37. The summed E-state index contributed by atoms with van der Waals surface area (Å²) in [5, 5.41) is 3.79. The van der Waals surface area contributed by atoms with Crippen LogP contribution in [0.1, 0.15) is 5.56 Å². The summed E-state index contributed by atoms with van der Waals surface area (Å²) in [7, 11) is 1.59. The molecule has 0 aromatic carbocycles. The minimum atomic E-state index is 0.596. The highest BCUT2D eigenvalue weighted by atomic mass is 79.9. The molecule has 2 heterocycles. The molecule has 0 saturated heterocycles. The van der Waals surface area contributed by atoms with E-state index < -0.39 is 0 Å². The monoisotopic (exact) mass is 327 g/mol. The molecule has 0 radical (unpaired) electrons. The van der Waals surface area contributed by atoms with Crippen LogP contribution in [0, 0.1) is 0 Å². The van der Waals surface area contributed by atoms with Crippen LogP contribution in [0.4, 0.5) is 5.82 Å². The van der Waals surface area contributed by atoms with Crippen LogP contribution in [0.25, 0.3) is 0 Å². The molecular formula is C12H11BrClN3O. The highest BCUT2D eigenvalue weighted by Gasteiger charge is 2.02. The van der Waals surface area contributed by atoms with Gasteiger partial charge in [0.1, 0.15) is 5.82 Å². The van der Waals surface area contributed by atoms with E-state index in [1.165, 1.54) is 0 Å². The molecule has 2 aromatic heterocycles. The van der Waals surface area contributed by atoms with Gasteiger partial charge < -0.3 is 10.1 Å². The molecule has 0 aliphatic carbocycles. The molecule has 2 rings (SSSR count). The Morgan fingerprint density at radius 1 is 1.33 bits per heavy atom. The number of pyridine rings is 2. The Labute approximate surface area is 118 Å². The maximum atomic E-state index is 5.82. The molecule has 0 atom stereocenters. The van der Waals surface area contributed by atoms with Crippen LogP contribution in [-0.4, -0.2) is 17.1 Å². The molecule has 0 aliphatic heterocycles. The standard InChI is InChI=1S/C12H11BrClN3O/c1-18-11-3-2-8(5-15-11)6-16-12-10(13)4-9(14)7-17-12/h2-5,7H,6H2,1H3,(H,16,17). The number of hydrogen-bond donors (Lipinski definition) is 1. The quantitative estimate of drug-likeness (QED) is 0.933. The number of methoxy groups -OCH3 is 1. The first-order chi connectivity index (χ1) is 8.69. The summed E-state index contributed by atoms with van der Waals surface area (Å²) in [5.41, 5.74) is 1.04. The Morgan fingerprint density at radius 3 is 2.78 bits per heavy atom. The van der Waals surface area contributed by atoms with Gasteiger partial charge in [-0.2, -0.15) is 0 Å². The van der Waals surface area contributed by atoms with Crippen LogP contribution in [0.2, 0.25) is 5.02 Å². The van der Waals surface area contributed by atoms with E-state index in [0.29, 0.717) is 17.4 Å². The molecule has 6 heteroatoms. The van der Waals surface area contributed by atoms with Crippen molar-refractivity contribution in [1.29, 1.82) is 0 Å². The zero-order valence-electron chi connectivity index (χ0n) is 9.65. The van der Waals surface area contributed by atoms with Gasteiger partial charge >= 0.3 is 0 Å². The maximum absolute atomic E-state index is 5.82. The van der Waals surface area contributed by atoms with Gasteiger partial charge in [-0.1, -0.05) is 17.7 Å². The van der Waals surface area contributed by atoms with Crippen molar-refractivity contribution in [1.82, 2.24) is 9.97 Å². The van der Waals surface area contributed by atoms with Crippen LogP contribution in [-0.2, 0) is 6.54 Å². The summed E-state index contributed by atoms with van der Waals surface area (Å²) in [5.74, 6) is 1.35. The van der Waals surface area contributed by atoms with E-state index in [-0.39, 0.29) is 0 Å². The number of rotatable bonds is 4. The molecule has 0 fully saturated rings. The van der Waals surface area contributed by atoms with E-state index >= 15 is 0 Å². The van der Waals surface area contributed by atoms with Crippen molar-refractivity contribution in [2.75, 3.05) is 12.4 Å². The van der Waals surface area contributed by atoms with Crippen molar-refractivity contribution < 1.29 is 4.74 Å². The number of aromatic nitrogens is 2. The molecule has 0 unspecified atom stereocenters. The fraction of sp³-hybridized carbons (Fsp3) is 0.167. The first-order valence-electron chi connectivity index (χ1n) is 5.23. The van der Waals surface area contributed by atoms with Crippen LogP contribution in [0.15, 0.2) is 35.1 Å². The number of nitrogens with one attached hydrogen (secondary N) is 1. The van der Waals surface area contributed by atoms with Gasteiger partial charge in [-0.05, 0) is 27.6 Å². The van der Waals surface area contributed by atoms with Crippen molar-refractivity contribution in [2.24, 2.45) is 0 Å². The SMILES string of the molecule is COc1ccc(CNc2ncc(Cl)cc2Br)cn1. The Morgan fingerprint density at radius 2 is 2.17 bits per heavy atom. The summed E-state index contributed by atoms with van der Waals surface area (Å²) in [4.78, 5) is 8.32. The maximum Gasteiger partial charge on any atom is 0.212 e. The van der Waals surface area contributed by atoms with Crippen LogP contribution < -0.4 is 10.1 Å². The lowest BCUT2D eigenvalue weighted by Crippen LogP contribution is -2.02. The van der Waals surface area contributed by atoms with Gasteiger partial charge in [0.25, 0.3) is 0 Å². The van der Waals surface area contributed by atoms with Crippen molar-refractivity contribution in [3.63, 3.8) is 0 Å². The molecule has 0 spiro atoms. The number of hydrogen-bond acceptors (Lipinski definition) is 4. The second-order valence-corrected chi connectivity index (χ2v) is 4.84. The Kier molecular flexibility index (Phi) is 4.38. The summed E-state index contributed by atoms with van der Waals surface area (Å²) in [6.45, 7) is 0.629. The molecule has 0 amide bonds. The minimum Gasteiger partial charge on any atom is -0.481 e. The highest BCUT2D eigenvalue weighted by Crippen LogP contribution is 2.23. The molecule has 2 aromatic rings. The van der Waals surface area contributed by atoms with Crippen molar-refractivity contribution in [2.45, 2.75) is 6.54 Å². The number of nitrogens with zero attached hydrogens (tertiary/aromatic N) is 2. The van der Waals surface area contributed by atoms with E-state index in [1.807, 2.05) is 12.1 Å². The van der Waals surface area contributed by atoms with Crippen molar-refractivity contribution in [3.05, 3.63) is 45.7 Å².